The van der Waals surface area contributed by atoms with E-state index in [1.165, 1.54) is 4.90 Å². The number of rotatable bonds is 7. The number of hydrogen-bond donors (Lipinski definition) is 0. The van der Waals surface area contributed by atoms with E-state index in [2.05, 4.69) is 17.1 Å². The van der Waals surface area contributed by atoms with E-state index < -0.39 is 0 Å². The largest absolute Gasteiger partial charge is 0.455 e. The van der Waals surface area contributed by atoms with Gasteiger partial charge in [-0.05, 0) is 54.8 Å². The Morgan fingerprint density at radius 3 is 2.58 bits per heavy atom. The van der Waals surface area contributed by atoms with Crippen LogP contribution in [0.4, 0.5) is 0 Å². The highest BCUT2D eigenvalue weighted by molar-refractivity contribution is 7.98. The fraction of sp³-hybridized carbons (Fsp3) is 0.238. The van der Waals surface area contributed by atoms with Gasteiger partial charge in [0, 0.05) is 29.9 Å². The molecule has 0 bridgehead atoms. The predicted molar refractivity (Wildman–Crippen MR) is 102 cm³/mol. The Bertz CT molecular complexity index is 860. The van der Waals surface area contributed by atoms with Gasteiger partial charge < -0.3 is 9.32 Å². The summed E-state index contributed by atoms with van der Waals surface area (Å²) in [6.45, 7) is 0.598. The SMILES string of the molecule is O=C(c1ccc(CSc2ccccc2)o1)N(Cc1ccncc1)C1CC1. The molecule has 3 aromatic rings. The van der Waals surface area contributed by atoms with Gasteiger partial charge in [0.2, 0.25) is 0 Å². The van der Waals surface area contributed by atoms with Crippen molar-refractivity contribution in [2.45, 2.75) is 36.1 Å². The molecule has 1 amide bonds. The molecule has 2 aromatic heterocycles. The van der Waals surface area contributed by atoms with Crippen LogP contribution in [0.5, 0.6) is 0 Å². The maximum Gasteiger partial charge on any atom is 0.290 e. The molecular weight excluding hydrogens is 344 g/mol. The van der Waals surface area contributed by atoms with Crippen molar-refractivity contribution in [2.24, 2.45) is 0 Å². The second-order valence-electron chi connectivity index (χ2n) is 6.39. The first-order valence-corrected chi connectivity index (χ1v) is 9.74. The van der Waals surface area contributed by atoms with Crippen LogP contribution in [0, 0.1) is 0 Å². The van der Waals surface area contributed by atoms with Gasteiger partial charge in [0.05, 0.1) is 5.75 Å². The van der Waals surface area contributed by atoms with Gasteiger partial charge in [-0.1, -0.05) is 18.2 Å². The fourth-order valence-electron chi connectivity index (χ4n) is 2.82. The first-order valence-electron chi connectivity index (χ1n) is 8.76. The Morgan fingerprint density at radius 1 is 1.08 bits per heavy atom. The zero-order valence-corrected chi connectivity index (χ0v) is 15.2. The molecule has 1 aromatic carbocycles. The number of carbonyl (C=O) groups is 1. The van der Waals surface area contributed by atoms with Crippen molar-refractivity contribution in [3.8, 4) is 0 Å². The summed E-state index contributed by atoms with van der Waals surface area (Å²) >= 11 is 1.70. The molecule has 0 unspecified atom stereocenters. The quantitative estimate of drug-likeness (QED) is 0.567. The zero-order valence-electron chi connectivity index (χ0n) is 14.4. The molecule has 0 atom stereocenters. The summed E-state index contributed by atoms with van der Waals surface area (Å²) in [7, 11) is 0. The van der Waals surface area contributed by atoms with Gasteiger partial charge >= 0.3 is 0 Å². The van der Waals surface area contributed by atoms with E-state index in [-0.39, 0.29) is 5.91 Å². The molecule has 1 aliphatic rings. The number of nitrogens with zero attached hydrogens (tertiary/aromatic N) is 2. The molecule has 26 heavy (non-hydrogen) atoms. The van der Waals surface area contributed by atoms with Crippen molar-refractivity contribution < 1.29 is 9.21 Å². The van der Waals surface area contributed by atoms with Crippen molar-refractivity contribution in [2.75, 3.05) is 0 Å². The smallest absolute Gasteiger partial charge is 0.290 e. The number of thioether (sulfide) groups is 1. The number of pyridine rings is 1. The Labute approximate surface area is 157 Å². The van der Waals surface area contributed by atoms with Crippen LogP contribution in [-0.4, -0.2) is 21.8 Å². The molecule has 2 heterocycles. The van der Waals surface area contributed by atoms with Gasteiger partial charge in [-0.25, -0.2) is 0 Å². The summed E-state index contributed by atoms with van der Waals surface area (Å²) in [4.78, 5) is 20.1. The van der Waals surface area contributed by atoms with Gasteiger partial charge in [-0.15, -0.1) is 11.8 Å². The highest BCUT2D eigenvalue weighted by Crippen LogP contribution is 2.30. The lowest BCUT2D eigenvalue weighted by molar-refractivity contribution is 0.0696. The van der Waals surface area contributed by atoms with E-state index in [4.69, 9.17) is 4.42 Å². The second kappa shape index (κ2) is 7.79. The van der Waals surface area contributed by atoms with Crippen LogP contribution in [0.15, 0.2) is 76.3 Å². The lowest BCUT2D eigenvalue weighted by Crippen LogP contribution is -2.32. The van der Waals surface area contributed by atoms with Gasteiger partial charge in [-0.3, -0.25) is 9.78 Å². The monoisotopic (exact) mass is 364 g/mol. The molecule has 0 spiro atoms. The van der Waals surface area contributed by atoms with Crippen LogP contribution in [0.1, 0.15) is 34.7 Å². The summed E-state index contributed by atoms with van der Waals surface area (Å²) < 4.78 is 5.84. The van der Waals surface area contributed by atoms with Crippen molar-refractivity contribution in [3.05, 3.63) is 84.1 Å². The van der Waals surface area contributed by atoms with Gasteiger partial charge in [0.25, 0.3) is 5.91 Å². The average molecular weight is 364 g/mol. The van der Waals surface area contributed by atoms with E-state index in [9.17, 15) is 4.79 Å². The molecule has 0 radical (unpaired) electrons. The number of benzene rings is 1. The Kier molecular flexibility index (Phi) is 5.07. The highest BCUT2D eigenvalue weighted by Gasteiger charge is 2.34. The summed E-state index contributed by atoms with van der Waals surface area (Å²) in [5, 5.41) is 0. The van der Waals surface area contributed by atoms with E-state index >= 15 is 0 Å². The molecule has 0 aliphatic heterocycles. The first kappa shape index (κ1) is 16.9. The summed E-state index contributed by atoms with van der Waals surface area (Å²) in [5.74, 6) is 1.93. The number of aromatic nitrogens is 1. The fourth-order valence-corrected chi connectivity index (χ4v) is 3.63. The van der Waals surface area contributed by atoms with Crippen molar-refractivity contribution in [1.82, 2.24) is 9.88 Å². The van der Waals surface area contributed by atoms with E-state index in [1.807, 2.05) is 41.3 Å². The van der Waals surface area contributed by atoms with Crippen molar-refractivity contribution >= 4 is 17.7 Å². The molecule has 5 heteroatoms. The van der Waals surface area contributed by atoms with Crippen LogP contribution in [0.25, 0.3) is 0 Å². The first-order chi connectivity index (χ1) is 12.8. The lowest BCUT2D eigenvalue weighted by atomic mass is 10.2. The topological polar surface area (TPSA) is 46.3 Å². The summed E-state index contributed by atoms with van der Waals surface area (Å²) in [6, 6.07) is 18.1. The molecule has 0 N–H and O–H groups in total. The standard InChI is InChI=1S/C21H20N2O2S/c24-21(23(17-6-7-17)14-16-10-12-22-13-11-16)20-9-8-18(25-20)15-26-19-4-2-1-3-5-19/h1-5,8-13,17H,6-7,14-15H2. The lowest BCUT2D eigenvalue weighted by Gasteiger charge is -2.21. The van der Waals surface area contributed by atoms with E-state index in [1.54, 1.807) is 30.2 Å². The summed E-state index contributed by atoms with van der Waals surface area (Å²) in [5.41, 5.74) is 1.09. The molecule has 4 rings (SSSR count). The maximum absolute atomic E-state index is 12.9. The van der Waals surface area contributed by atoms with Crippen LogP contribution >= 0.6 is 11.8 Å². The van der Waals surface area contributed by atoms with Crippen LogP contribution < -0.4 is 0 Å². The molecule has 1 saturated carbocycles. The third-order valence-corrected chi connectivity index (χ3v) is 5.38. The van der Waals surface area contributed by atoms with Crippen LogP contribution in [-0.2, 0) is 12.3 Å². The number of hydrogen-bond acceptors (Lipinski definition) is 4. The summed E-state index contributed by atoms with van der Waals surface area (Å²) in [6.07, 6.45) is 5.65. The van der Waals surface area contributed by atoms with Crippen LogP contribution in [0.3, 0.4) is 0 Å². The molecule has 1 fully saturated rings. The van der Waals surface area contributed by atoms with Gasteiger partial charge in [-0.2, -0.15) is 0 Å². The molecule has 0 saturated heterocycles. The third kappa shape index (κ3) is 4.17. The molecule has 1 aliphatic carbocycles. The number of furan rings is 1. The van der Waals surface area contributed by atoms with Crippen molar-refractivity contribution in [1.29, 1.82) is 0 Å². The Balaban J connectivity index is 1.42. The molecule has 132 valence electrons. The maximum atomic E-state index is 12.9. The second-order valence-corrected chi connectivity index (χ2v) is 7.44. The third-order valence-electron chi connectivity index (χ3n) is 4.35. The number of carbonyl (C=O) groups excluding carboxylic acids is 1. The van der Waals surface area contributed by atoms with E-state index in [0.717, 1.165) is 24.2 Å². The minimum absolute atomic E-state index is 0.0275. The molecular formula is C21H20N2O2S. The van der Waals surface area contributed by atoms with Crippen molar-refractivity contribution in [3.63, 3.8) is 0 Å². The van der Waals surface area contributed by atoms with Crippen LogP contribution in [0.2, 0.25) is 0 Å². The minimum Gasteiger partial charge on any atom is -0.455 e. The minimum atomic E-state index is -0.0275. The molecule has 4 nitrogen and oxygen atoms in total. The predicted octanol–water partition coefficient (Wildman–Crippen LogP) is 4.77. The Morgan fingerprint density at radius 2 is 1.85 bits per heavy atom. The number of amides is 1. The van der Waals surface area contributed by atoms with E-state index in [0.29, 0.717) is 24.1 Å². The highest BCUT2D eigenvalue weighted by atomic mass is 32.2. The average Bonchev–Trinajstić information content (AvgIpc) is 3.42. The van der Waals surface area contributed by atoms with Gasteiger partial charge in [0.15, 0.2) is 5.76 Å². The van der Waals surface area contributed by atoms with Gasteiger partial charge in [0.1, 0.15) is 5.76 Å². The Hall–Kier alpha value is -2.53. The normalized spacial score (nSPS) is 13.5. The zero-order chi connectivity index (χ0) is 17.8.